The maximum atomic E-state index is 13.4. The van der Waals surface area contributed by atoms with Crippen LogP contribution in [0.25, 0.3) is 0 Å². The van der Waals surface area contributed by atoms with E-state index in [-0.39, 0.29) is 25.3 Å². The number of nitro benzene ring substituents is 1. The molecule has 0 spiro atoms. The van der Waals surface area contributed by atoms with Crippen molar-refractivity contribution >= 4 is 23.4 Å². The predicted octanol–water partition coefficient (Wildman–Crippen LogP) is 3.44. The number of anilines is 1. The zero-order valence-electron chi connectivity index (χ0n) is 14.5. The Hall–Kier alpha value is -3.49. The second-order valence-electron chi connectivity index (χ2n) is 5.41. The molecule has 27 heavy (non-hydrogen) atoms. The van der Waals surface area contributed by atoms with Crippen LogP contribution in [0.2, 0.25) is 0 Å². The van der Waals surface area contributed by atoms with Gasteiger partial charge in [0.15, 0.2) is 0 Å². The Morgan fingerprint density at radius 2 is 1.89 bits per heavy atom. The van der Waals surface area contributed by atoms with Crippen LogP contribution in [0.1, 0.15) is 12.0 Å². The van der Waals surface area contributed by atoms with E-state index in [9.17, 15) is 24.1 Å². The van der Waals surface area contributed by atoms with Gasteiger partial charge >= 0.3 is 12.1 Å². The highest BCUT2D eigenvalue weighted by molar-refractivity contribution is 5.91. The van der Waals surface area contributed by atoms with E-state index < -0.39 is 28.5 Å². The van der Waals surface area contributed by atoms with Gasteiger partial charge in [0, 0.05) is 6.54 Å². The first-order valence-electron chi connectivity index (χ1n) is 7.91. The van der Waals surface area contributed by atoms with Gasteiger partial charge in [-0.3, -0.25) is 19.8 Å². The van der Waals surface area contributed by atoms with Gasteiger partial charge in [0.1, 0.15) is 18.1 Å². The van der Waals surface area contributed by atoms with Crippen molar-refractivity contribution in [1.29, 1.82) is 0 Å². The lowest BCUT2D eigenvalue weighted by molar-refractivity contribution is -0.384. The molecule has 0 aliphatic heterocycles. The molecule has 0 bridgehead atoms. The number of halogens is 1. The SMILES string of the molecule is COC(=O)CCN(C(=O)OCc1ccccc1)c1ccc(F)cc1[N+](=O)[O-]. The molecule has 8 nitrogen and oxygen atoms in total. The Labute approximate surface area is 154 Å². The molecule has 0 atom stereocenters. The Morgan fingerprint density at radius 3 is 2.52 bits per heavy atom. The highest BCUT2D eigenvalue weighted by Crippen LogP contribution is 2.29. The van der Waals surface area contributed by atoms with Gasteiger partial charge in [0.25, 0.3) is 5.69 Å². The minimum Gasteiger partial charge on any atom is -0.469 e. The van der Waals surface area contributed by atoms with Crippen LogP contribution in [0.15, 0.2) is 48.5 Å². The number of ether oxygens (including phenoxy) is 2. The summed E-state index contributed by atoms with van der Waals surface area (Å²) in [6.45, 7) is -0.295. The molecule has 2 rings (SSSR count). The third-order valence-corrected chi connectivity index (χ3v) is 3.62. The van der Waals surface area contributed by atoms with Crippen LogP contribution in [0.3, 0.4) is 0 Å². The van der Waals surface area contributed by atoms with Crippen LogP contribution in [0.4, 0.5) is 20.6 Å². The largest absolute Gasteiger partial charge is 0.469 e. The molecule has 0 saturated heterocycles. The highest BCUT2D eigenvalue weighted by Gasteiger charge is 2.27. The number of nitrogens with zero attached hydrogens (tertiary/aromatic N) is 2. The lowest BCUT2D eigenvalue weighted by Gasteiger charge is -2.21. The third kappa shape index (κ3) is 5.50. The molecule has 1 amide bonds. The number of hydrogen-bond acceptors (Lipinski definition) is 6. The van der Waals surface area contributed by atoms with Gasteiger partial charge in [-0.15, -0.1) is 0 Å². The fraction of sp³-hybridized carbons (Fsp3) is 0.222. The number of nitro groups is 1. The van der Waals surface area contributed by atoms with Crippen LogP contribution in [0, 0.1) is 15.9 Å². The average Bonchev–Trinajstić information content (AvgIpc) is 2.67. The molecule has 0 aliphatic carbocycles. The van der Waals surface area contributed by atoms with Crippen LogP contribution < -0.4 is 4.90 Å². The van der Waals surface area contributed by atoms with Crippen LogP contribution in [-0.4, -0.2) is 30.6 Å². The van der Waals surface area contributed by atoms with Crippen molar-refractivity contribution in [1.82, 2.24) is 0 Å². The Morgan fingerprint density at radius 1 is 1.19 bits per heavy atom. The summed E-state index contributed by atoms with van der Waals surface area (Å²) in [5, 5.41) is 11.2. The van der Waals surface area contributed by atoms with Crippen molar-refractivity contribution in [3.05, 3.63) is 70.0 Å². The summed E-state index contributed by atoms with van der Waals surface area (Å²) in [5.41, 5.74) is -0.0766. The van der Waals surface area contributed by atoms with Gasteiger partial charge in [-0.25, -0.2) is 9.18 Å². The van der Waals surface area contributed by atoms with Crippen LogP contribution in [-0.2, 0) is 20.9 Å². The van der Waals surface area contributed by atoms with E-state index in [1.165, 1.54) is 7.11 Å². The molecule has 0 N–H and O–H groups in total. The Bertz CT molecular complexity index is 828. The maximum Gasteiger partial charge on any atom is 0.414 e. The standard InChI is InChI=1S/C18H17FN2O6/c1-26-17(22)9-10-20(15-8-7-14(19)11-16(15)21(24)25)18(23)27-12-13-5-3-2-4-6-13/h2-8,11H,9-10,12H2,1H3. The fourth-order valence-corrected chi connectivity index (χ4v) is 2.28. The van der Waals surface area contributed by atoms with Gasteiger partial charge < -0.3 is 9.47 Å². The van der Waals surface area contributed by atoms with Gasteiger partial charge in [-0.1, -0.05) is 30.3 Å². The molecule has 142 valence electrons. The summed E-state index contributed by atoms with van der Waals surface area (Å²) in [5.74, 6) is -1.43. The van der Waals surface area contributed by atoms with Crippen molar-refractivity contribution in [2.24, 2.45) is 0 Å². The number of carbonyl (C=O) groups is 2. The summed E-state index contributed by atoms with van der Waals surface area (Å²) in [7, 11) is 1.18. The third-order valence-electron chi connectivity index (χ3n) is 3.62. The highest BCUT2D eigenvalue weighted by atomic mass is 19.1. The van der Waals surface area contributed by atoms with E-state index in [0.29, 0.717) is 11.6 Å². The quantitative estimate of drug-likeness (QED) is 0.417. The van der Waals surface area contributed by atoms with E-state index in [2.05, 4.69) is 4.74 Å². The molecule has 2 aromatic rings. The molecule has 0 aliphatic rings. The number of amides is 1. The molecular weight excluding hydrogens is 359 g/mol. The normalized spacial score (nSPS) is 10.1. The number of esters is 1. The summed E-state index contributed by atoms with van der Waals surface area (Å²) in [6, 6.07) is 11.6. The molecule has 0 saturated carbocycles. The minimum atomic E-state index is -0.905. The smallest absolute Gasteiger partial charge is 0.414 e. The number of methoxy groups -OCH3 is 1. The zero-order chi connectivity index (χ0) is 19.8. The maximum absolute atomic E-state index is 13.4. The zero-order valence-corrected chi connectivity index (χ0v) is 14.5. The Balaban J connectivity index is 2.26. The average molecular weight is 376 g/mol. The number of carbonyl (C=O) groups excluding carboxylic acids is 2. The van der Waals surface area contributed by atoms with E-state index in [1.54, 1.807) is 30.3 Å². The van der Waals surface area contributed by atoms with E-state index in [0.717, 1.165) is 17.0 Å². The molecule has 0 aromatic heterocycles. The van der Waals surface area contributed by atoms with Crippen molar-refractivity contribution in [3.8, 4) is 0 Å². The first-order chi connectivity index (χ1) is 12.9. The summed E-state index contributed by atoms with van der Waals surface area (Å²) < 4.78 is 23.1. The molecule has 9 heteroatoms. The molecule has 0 fully saturated rings. The Kier molecular flexibility index (Phi) is 6.81. The number of hydrogen-bond donors (Lipinski definition) is 0. The summed E-state index contributed by atoms with van der Waals surface area (Å²) in [6.07, 6.45) is -1.12. The monoisotopic (exact) mass is 376 g/mol. The van der Waals surface area contributed by atoms with Gasteiger partial charge in [-0.05, 0) is 17.7 Å². The van der Waals surface area contributed by atoms with Gasteiger partial charge in [-0.2, -0.15) is 0 Å². The van der Waals surface area contributed by atoms with Crippen LogP contribution >= 0.6 is 0 Å². The van der Waals surface area contributed by atoms with Crippen molar-refractivity contribution in [2.75, 3.05) is 18.6 Å². The van der Waals surface area contributed by atoms with Crippen molar-refractivity contribution < 1.29 is 28.4 Å². The molecule has 0 heterocycles. The fourth-order valence-electron chi connectivity index (χ4n) is 2.28. The second kappa shape index (κ2) is 9.27. The lowest BCUT2D eigenvalue weighted by atomic mass is 10.2. The summed E-state index contributed by atoms with van der Waals surface area (Å²) >= 11 is 0. The summed E-state index contributed by atoms with van der Waals surface area (Å²) in [4.78, 5) is 35.3. The van der Waals surface area contributed by atoms with E-state index in [4.69, 9.17) is 4.74 Å². The number of rotatable bonds is 7. The first kappa shape index (κ1) is 19.8. The minimum absolute atomic E-state index is 0.0661. The molecule has 0 radical (unpaired) electrons. The number of benzene rings is 2. The van der Waals surface area contributed by atoms with Crippen molar-refractivity contribution in [3.63, 3.8) is 0 Å². The topological polar surface area (TPSA) is 99.0 Å². The van der Waals surface area contributed by atoms with Crippen LogP contribution in [0.5, 0.6) is 0 Å². The molecular formula is C18H17FN2O6. The first-order valence-corrected chi connectivity index (χ1v) is 7.91. The molecule has 0 unspecified atom stereocenters. The second-order valence-corrected chi connectivity index (χ2v) is 5.41. The van der Waals surface area contributed by atoms with E-state index in [1.807, 2.05) is 0 Å². The molecule has 2 aromatic carbocycles. The van der Waals surface area contributed by atoms with Crippen molar-refractivity contribution in [2.45, 2.75) is 13.0 Å². The predicted molar refractivity (Wildman–Crippen MR) is 93.7 cm³/mol. The van der Waals surface area contributed by atoms with Gasteiger partial charge in [0.05, 0.1) is 24.5 Å². The van der Waals surface area contributed by atoms with Gasteiger partial charge in [0.2, 0.25) is 0 Å². The van der Waals surface area contributed by atoms with E-state index >= 15 is 0 Å². The lowest BCUT2D eigenvalue weighted by Crippen LogP contribution is -2.34.